The SMILES string of the molecule is COc1cccc(CC(=O)N2C[C@@H](CN(C)C)[C@@H](CO)C2)c1. The minimum Gasteiger partial charge on any atom is -0.497 e. The number of ether oxygens (including phenoxy) is 1. The van der Waals surface area contributed by atoms with E-state index in [9.17, 15) is 9.90 Å². The summed E-state index contributed by atoms with van der Waals surface area (Å²) >= 11 is 0. The number of hydrogen-bond donors (Lipinski definition) is 1. The Kier molecular flexibility index (Phi) is 5.80. The summed E-state index contributed by atoms with van der Waals surface area (Å²) in [6.45, 7) is 2.42. The second-order valence-electron chi connectivity index (χ2n) is 6.29. The third-order valence-corrected chi connectivity index (χ3v) is 4.25. The summed E-state index contributed by atoms with van der Waals surface area (Å²) < 4.78 is 5.19. The number of amides is 1. The van der Waals surface area contributed by atoms with Crippen LogP contribution in [0.25, 0.3) is 0 Å². The van der Waals surface area contributed by atoms with Crippen LogP contribution in [0, 0.1) is 11.8 Å². The Morgan fingerprint density at radius 2 is 2.09 bits per heavy atom. The quantitative estimate of drug-likeness (QED) is 0.847. The first-order chi connectivity index (χ1) is 10.5. The molecule has 1 saturated heterocycles. The Morgan fingerprint density at radius 3 is 2.73 bits per heavy atom. The van der Waals surface area contributed by atoms with Gasteiger partial charge in [-0.25, -0.2) is 0 Å². The van der Waals surface area contributed by atoms with Gasteiger partial charge in [0.25, 0.3) is 0 Å². The molecule has 0 aliphatic carbocycles. The van der Waals surface area contributed by atoms with Gasteiger partial charge in [0.05, 0.1) is 13.5 Å². The molecule has 22 heavy (non-hydrogen) atoms. The van der Waals surface area contributed by atoms with Crippen molar-refractivity contribution in [2.24, 2.45) is 11.8 Å². The van der Waals surface area contributed by atoms with E-state index >= 15 is 0 Å². The number of likely N-dealkylation sites (tertiary alicyclic amines) is 1. The molecule has 0 saturated carbocycles. The van der Waals surface area contributed by atoms with Crippen LogP contribution >= 0.6 is 0 Å². The first-order valence-electron chi connectivity index (χ1n) is 7.69. The van der Waals surface area contributed by atoms with Gasteiger partial charge in [-0.3, -0.25) is 4.79 Å². The Morgan fingerprint density at radius 1 is 1.36 bits per heavy atom. The molecule has 0 unspecified atom stereocenters. The lowest BCUT2D eigenvalue weighted by molar-refractivity contribution is -0.129. The molecule has 2 atom stereocenters. The molecular formula is C17H26N2O3. The van der Waals surface area contributed by atoms with E-state index in [1.165, 1.54) is 0 Å². The van der Waals surface area contributed by atoms with Gasteiger partial charge in [-0.2, -0.15) is 0 Å². The molecular weight excluding hydrogens is 280 g/mol. The summed E-state index contributed by atoms with van der Waals surface area (Å²) in [6, 6.07) is 7.61. The van der Waals surface area contributed by atoms with E-state index in [4.69, 9.17) is 4.74 Å². The normalized spacial score (nSPS) is 21.4. The molecule has 1 fully saturated rings. The number of nitrogens with zero attached hydrogens (tertiary/aromatic N) is 2. The highest BCUT2D eigenvalue weighted by molar-refractivity contribution is 5.79. The van der Waals surface area contributed by atoms with Gasteiger partial charge in [0, 0.05) is 32.2 Å². The lowest BCUT2D eigenvalue weighted by Gasteiger charge is -2.20. The molecule has 2 rings (SSSR count). The van der Waals surface area contributed by atoms with Crippen molar-refractivity contribution in [2.75, 3.05) is 47.4 Å². The zero-order valence-corrected chi connectivity index (χ0v) is 13.7. The maximum Gasteiger partial charge on any atom is 0.227 e. The van der Waals surface area contributed by atoms with Crippen molar-refractivity contribution in [3.63, 3.8) is 0 Å². The van der Waals surface area contributed by atoms with Gasteiger partial charge < -0.3 is 19.6 Å². The number of hydrogen-bond acceptors (Lipinski definition) is 4. The standard InChI is InChI=1S/C17H26N2O3/c1-18(2)9-14-10-19(11-15(14)12-20)17(21)8-13-5-4-6-16(7-13)22-3/h4-7,14-15,20H,8-12H2,1-3H3/t14-,15-/m1/s1. The molecule has 122 valence electrons. The summed E-state index contributed by atoms with van der Waals surface area (Å²) in [5.41, 5.74) is 0.959. The molecule has 1 aliphatic heterocycles. The van der Waals surface area contributed by atoms with Crippen LogP contribution in [0.3, 0.4) is 0 Å². The van der Waals surface area contributed by atoms with Crippen LogP contribution in [-0.2, 0) is 11.2 Å². The summed E-state index contributed by atoms with van der Waals surface area (Å²) in [7, 11) is 5.67. The minimum absolute atomic E-state index is 0.118. The minimum atomic E-state index is 0.118. The van der Waals surface area contributed by atoms with E-state index in [0.29, 0.717) is 18.9 Å². The number of rotatable bonds is 6. The van der Waals surface area contributed by atoms with E-state index in [1.54, 1.807) is 7.11 Å². The predicted molar refractivity (Wildman–Crippen MR) is 85.9 cm³/mol. The fourth-order valence-electron chi connectivity index (χ4n) is 3.09. The Hall–Kier alpha value is -1.59. The number of benzene rings is 1. The lowest BCUT2D eigenvalue weighted by Crippen LogP contribution is -2.31. The van der Waals surface area contributed by atoms with Gasteiger partial charge >= 0.3 is 0 Å². The molecule has 0 spiro atoms. The Bertz CT molecular complexity index is 504. The molecule has 0 aromatic heterocycles. The first-order valence-corrected chi connectivity index (χ1v) is 7.69. The average Bonchev–Trinajstić information content (AvgIpc) is 2.89. The van der Waals surface area contributed by atoms with Crippen LogP contribution in [0.2, 0.25) is 0 Å². The van der Waals surface area contributed by atoms with E-state index < -0.39 is 0 Å². The van der Waals surface area contributed by atoms with Crippen LogP contribution in [0.5, 0.6) is 5.75 Å². The summed E-state index contributed by atoms with van der Waals surface area (Å²) in [4.78, 5) is 16.5. The van der Waals surface area contributed by atoms with Crippen LogP contribution in [0.15, 0.2) is 24.3 Å². The van der Waals surface area contributed by atoms with Gasteiger partial charge in [0.15, 0.2) is 0 Å². The van der Waals surface area contributed by atoms with Gasteiger partial charge in [0.1, 0.15) is 5.75 Å². The molecule has 5 heteroatoms. The zero-order valence-electron chi connectivity index (χ0n) is 13.7. The monoisotopic (exact) mass is 306 g/mol. The largest absolute Gasteiger partial charge is 0.497 e. The van der Waals surface area contributed by atoms with Crippen molar-refractivity contribution in [2.45, 2.75) is 6.42 Å². The molecule has 1 aromatic carbocycles. The number of aliphatic hydroxyl groups excluding tert-OH is 1. The fraction of sp³-hybridized carbons (Fsp3) is 0.588. The second kappa shape index (κ2) is 7.61. The molecule has 1 aromatic rings. The molecule has 1 N–H and O–H groups in total. The molecule has 1 aliphatic rings. The smallest absolute Gasteiger partial charge is 0.227 e. The van der Waals surface area contributed by atoms with Gasteiger partial charge in [-0.15, -0.1) is 0 Å². The number of carbonyl (C=O) groups excluding carboxylic acids is 1. The highest BCUT2D eigenvalue weighted by Crippen LogP contribution is 2.24. The van der Waals surface area contributed by atoms with Crippen molar-refractivity contribution >= 4 is 5.91 Å². The molecule has 1 heterocycles. The topological polar surface area (TPSA) is 53.0 Å². The average molecular weight is 306 g/mol. The van der Waals surface area contributed by atoms with E-state index in [2.05, 4.69) is 4.90 Å². The Labute approximate surface area is 132 Å². The van der Waals surface area contributed by atoms with Crippen LogP contribution < -0.4 is 4.74 Å². The number of methoxy groups -OCH3 is 1. The summed E-state index contributed by atoms with van der Waals surface area (Å²) in [6.07, 6.45) is 0.379. The third-order valence-electron chi connectivity index (χ3n) is 4.25. The van der Waals surface area contributed by atoms with E-state index in [0.717, 1.165) is 24.4 Å². The lowest BCUT2D eigenvalue weighted by atomic mass is 9.97. The third kappa shape index (κ3) is 4.21. The molecule has 1 amide bonds. The first kappa shape index (κ1) is 16.8. The highest BCUT2D eigenvalue weighted by atomic mass is 16.5. The van der Waals surface area contributed by atoms with Crippen molar-refractivity contribution in [3.05, 3.63) is 29.8 Å². The molecule has 0 bridgehead atoms. The highest BCUT2D eigenvalue weighted by Gasteiger charge is 2.34. The van der Waals surface area contributed by atoms with Gasteiger partial charge in [-0.1, -0.05) is 12.1 Å². The fourth-order valence-corrected chi connectivity index (χ4v) is 3.09. The van der Waals surface area contributed by atoms with E-state index in [1.807, 2.05) is 43.3 Å². The van der Waals surface area contributed by atoms with Crippen LogP contribution in [0.1, 0.15) is 5.56 Å². The summed E-state index contributed by atoms with van der Waals surface area (Å²) in [5.74, 6) is 1.41. The maximum atomic E-state index is 12.5. The van der Waals surface area contributed by atoms with Crippen LogP contribution in [0.4, 0.5) is 0 Å². The number of aliphatic hydroxyl groups is 1. The molecule has 5 nitrogen and oxygen atoms in total. The second-order valence-corrected chi connectivity index (χ2v) is 6.29. The van der Waals surface area contributed by atoms with Crippen LogP contribution in [-0.4, -0.2) is 68.3 Å². The summed E-state index contributed by atoms with van der Waals surface area (Å²) in [5, 5.41) is 9.53. The van der Waals surface area contributed by atoms with Crippen molar-refractivity contribution in [3.8, 4) is 5.75 Å². The Balaban J connectivity index is 1.97. The number of carbonyl (C=O) groups is 1. The van der Waals surface area contributed by atoms with Crippen molar-refractivity contribution in [1.29, 1.82) is 0 Å². The van der Waals surface area contributed by atoms with Crippen molar-refractivity contribution < 1.29 is 14.6 Å². The zero-order chi connectivity index (χ0) is 16.1. The van der Waals surface area contributed by atoms with Gasteiger partial charge in [0.2, 0.25) is 5.91 Å². The molecule has 0 radical (unpaired) electrons. The van der Waals surface area contributed by atoms with Crippen molar-refractivity contribution in [1.82, 2.24) is 9.80 Å². The predicted octanol–water partition coefficient (Wildman–Crippen LogP) is 0.866. The van der Waals surface area contributed by atoms with E-state index in [-0.39, 0.29) is 18.4 Å². The van der Waals surface area contributed by atoms with Gasteiger partial charge in [-0.05, 0) is 37.7 Å². The maximum absolute atomic E-state index is 12.5.